The molecule has 1 fully saturated rings. The number of hydrogen-bond donors (Lipinski definition) is 2. The molecular formula is C14H21ClN2O. The normalized spacial score (nSPS) is 23.8. The third kappa shape index (κ3) is 2.79. The molecule has 0 aliphatic carbocycles. The molecule has 0 amide bonds. The smallest absolute Gasteiger partial charge is 0.0639 e. The Morgan fingerprint density at radius 1 is 1.44 bits per heavy atom. The third-order valence-electron chi connectivity index (χ3n) is 3.67. The number of aliphatic hydroxyl groups is 1. The molecule has 0 aromatic heterocycles. The average molecular weight is 269 g/mol. The van der Waals surface area contributed by atoms with Gasteiger partial charge in [0.15, 0.2) is 0 Å². The second-order valence-electron chi connectivity index (χ2n) is 5.46. The summed E-state index contributed by atoms with van der Waals surface area (Å²) < 4.78 is 0. The van der Waals surface area contributed by atoms with Crippen LogP contribution < -0.4 is 10.2 Å². The van der Waals surface area contributed by atoms with E-state index >= 15 is 0 Å². The highest BCUT2D eigenvalue weighted by Gasteiger charge is 2.32. The van der Waals surface area contributed by atoms with Crippen molar-refractivity contribution >= 4 is 17.3 Å². The van der Waals surface area contributed by atoms with Crippen molar-refractivity contribution in [1.29, 1.82) is 0 Å². The highest BCUT2D eigenvalue weighted by Crippen LogP contribution is 2.33. The predicted octanol–water partition coefficient (Wildman–Crippen LogP) is 2.28. The summed E-state index contributed by atoms with van der Waals surface area (Å²) in [5.41, 5.74) is 1.08. The fraction of sp³-hybridized carbons (Fsp3) is 0.571. The van der Waals surface area contributed by atoms with E-state index in [2.05, 4.69) is 24.1 Å². The fourth-order valence-corrected chi connectivity index (χ4v) is 2.70. The van der Waals surface area contributed by atoms with Crippen molar-refractivity contribution in [3.05, 3.63) is 29.3 Å². The van der Waals surface area contributed by atoms with Gasteiger partial charge in [0.2, 0.25) is 0 Å². The molecule has 1 unspecified atom stereocenters. The van der Waals surface area contributed by atoms with E-state index in [9.17, 15) is 5.11 Å². The van der Waals surface area contributed by atoms with E-state index in [1.165, 1.54) is 0 Å². The lowest BCUT2D eigenvalue weighted by Crippen LogP contribution is -2.47. The number of hydrogen-bond acceptors (Lipinski definition) is 3. The Kier molecular flexibility index (Phi) is 4.15. The molecule has 1 aliphatic rings. The van der Waals surface area contributed by atoms with Crippen LogP contribution in [-0.4, -0.2) is 36.4 Å². The molecule has 1 saturated heterocycles. The van der Waals surface area contributed by atoms with Gasteiger partial charge in [0, 0.05) is 18.1 Å². The van der Waals surface area contributed by atoms with Crippen LogP contribution in [-0.2, 0) is 0 Å². The molecule has 0 spiro atoms. The van der Waals surface area contributed by atoms with Crippen LogP contribution in [0.1, 0.15) is 20.3 Å². The lowest BCUT2D eigenvalue weighted by atomic mass is 9.97. The molecule has 1 heterocycles. The van der Waals surface area contributed by atoms with Crippen molar-refractivity contribution in [2.24, 2.45) is 0 Å². The van der Waals surface area contributed by atoms with Crippen LogP contribution in [0.3, 0.4) is 0 Å². The maximum atomic E-state index is 9.40. The van der Waals surface area contributed by atoms with Gasteiger partial charge in [-0.1, -0.05) is 23.7 Å². The number of aliphatic hydroxyl groups excluding tert-OH is 1. The van der Waals surface area contributed by atoms with Crippen LogP contribution in [0.5, 0.6) is 0 Å². The van der Waals surface area contributed by atoms with Crippen LogP contribution in [0.25, 0.3) is 0 Å². The Morgan fingerprint density at radius 3 is 2.83 bits per heavy atom. The quantitative estimate of drug-likeness (QED) is 0.864. The Labute approximate surface area is 114 Å². The standard InChI is InChI=1S/C14H21ClN2O/c1-14(2)7-8-16-11(10-18)9-17(14)13-6-4-3-5-12(13)15/h3-6,11,16,18H,7-10H2,1-2H3. The summed E-state index contributed by atoms with van der Waals surface area (Å²) in [5.74, 6) is 0. The molecule has 2 rings (SSSR count). The van der Waals surface area contributed by atoms with Crippen molar-refractivity contribution in [2.75, 3.05) is 24.6 Å². The maximum absolute atomic E-state index is 9.40. The van der Waals surface area contributed by atoms with Crippen LogP contribution >= 0.6 is 11.6 Å². The minimum absolute atomic E-state index is 0.0297. The van der Waals surface area contributed by atoms with Crippen molar-refractivity contribution < 1.29 is 5.11 Å². The van der Waals surface area contributed by atoms with Gasteiger partial charge >= 0.3 is 0 Å². The van der Waals surface area contributed by atoms with Crippen LogP contribution in [0.2, 0.25) is 5.02 Å². The Morgan fingerprint density at radius 2 is 2.17 bits per heavy atom. The van der Waals surface area contributed by atoms with Gasteiger partial charge in [-0.15, -0.1) is 0 Å². The zero-order valence-electron chi connectivity index (χ0n) is 11.0. The van der Waals surface area contributed by atoms with Crippen LogP contribution in [0.4, 0.5) is 5.69 Å². The SMILES string of the molecule is CC1(C)CCNC(CO)CN1c1ccccc1Cl. The first-order valence-corrected chi connectivity index (χ1v) is 6.79. The van der Waals surface area contributed by atoms with Crippen molar-refractivity contribution in [1.82, 2.24) is 5.32 Å². The molecule has 100 valence electrons. The number of nitrogens with zero attached hydrogens (tertiary/aromatic N) is 1. The number of para-hydroxylation sites is 1. The molecule has 0 bridgehead atoms. The summed E-state index contributed by atoms with van der Waals surface area (Å²) in [6.07, 6.45) is 1.02. The Bertz CT molecular complexity index is 409. The van der Waals surface area contributed by atoms with E-state index in [0.717, 1.165) is 30.2 Å². The van der Waals surface area contributed by atoms with Gasteiger partial charge in [-0.2, -0.15) is 0 Å². The lowest BCUT2D eigenvalue weighted by Gasteiger charge is -2.40. The lowest BCUT2D eigenvalue weighted by molar-refractivity contribution is 0.248. The minimum atomic E-state index is 0.0297. The van der Waals surface area contributed by atoms with E-state index < -0.39 is 0 Å². The van der Waals surface area contributed by atoms with Gasteiger partial charge in [0.1, 0.15) is 0 Å². The van der Waals surface area contributed by atoms with E-state index in [-0.39, 0.29) is 18.2 Å². The maximum Gasteiger partial charge on any atom is 0.0639 e. The first-order valence-electron chi connectivity index (χ1n) is 6.41. The predicted molar refractivity (Wildman–Crippen MR) is 76.4 cm³/mol. The Hall–Kier alpha value is -0.770. The summed E-state index contributed by atoms with van der Waals surface area (Å²) in [6.45, 7) is 6.28. The van der Waals surface area contributed by atoms with Gasteiger partial charge in [-0.25, -0.2) is 0 Å². The fourth-order valence-electron chi connectivity index (χ4n) is 2.47. The van der Waals surface area contributed by atoms with E-state index in [1.54, 1.807) is 0 Å². The first kappa shape index (κ1) is 13.7. The number of nitrogens with one attached hydrogen (secondary N) is 1. The largest absolute Gasteiger partial charge is 0.395 e. The number of anilines is 1. The van der Waals surface area contributed by atoms with Crippen LogP contribution in [0, 0.1) is 0 Å². The molecule has 1 aromatic carbocycles. The van der Waals surface area contributed by atoms with E-state index in [4.69, 9.17) is 11.6 Å². The topological polar surface area (TPSA) is 35.5 Å². The number of halogens is 1. The zero-order chi connectivity index (χ0) is 13.2. The summed E-state index contributed by atoms with van der Waals surface area (Å²) in [6, 6.07) is 8.01. The molecule has 1 atom stereocenters. The minimum Gasteiger partial charge on any atom is -0.395 e. The monoisotopic (exact) mass is 268 g/mol. The first-order chi connectivity index (χ1) is 8.54. The van der Waals surface area contributed by atoms with Crippen molar-refractivity contribution in [3.63, 3.8) is 0 Å². The van der Waals surface area contributed by atoms with Gasteiger partial charge in [-0.05, 0) is 38.9 Å². The Balaban J connectivity index is 2.34. The van der Waals surface area contributed by atoms with Crippen molar-refractivity contribution in [2.45, 2.75) is 31.8 Å². The molecular weight excluding hydrogens is 248 g/mol. The number of rotatable bonds is 2. The summed E-state index contributed by atoms with van der Waals surface area (Å²) in [4.78, 5) is 2.30. The second kappa shape index (κ2) is 5.47. The average Bonchev–Trinajstić information content (AvgIpc) is 2.48. The third-order valence-corrected chi connectivity index (χ3v) is 3.99. The second-order valence-corrected chi connectivity index (χ2v) is 5.87. The van der Waals surface area contributed by atoms with Gasteiger partial charge in [0.05, 0.1) is 17.3 Å². The van der Waals surface area contributed by atoms with Gasteiger partial charge in [-0.3, -0.25) is 0 Å². The molecule has 4 heteroatoms. The molecule has 1 aromatic rings. The molecule has 18 heavy (non-hydrogen) atoms. The summed E-state index contributed by atoms with van der Waals surface area (Å²) >= 11 is 6.30. The summed E-state index contributed by atoms with van der Waals surface area (Å²) in [7, 11) is 0. The van der Waals surface area contributed by atoms with E-state index in [0.29, 0.717) is 0 Å². The van der Waals surface area contributed by atoms with Crippen LogP contribution in [0.15, 0.2) is 24.3 Å². The molecule has 2 N–H and O–H groups in total. The zero-order valence-corrected chi connectivity index (χ0v) is 11.7. The summed E-state index contributed by atoms with van der Waals surface area (Å²) in [5, 5.41) is 13.5. The van der Waals surface area contributed by atoms with Gasteiger partial charge < -0.3 is 15.3 Å². The highest BCUT2D eigenvalue weighted by atomic mass is 35.5. The highest BCUT2D eigenvalue weighted by molar-refractivity contribution is 6.33. The molecule has 0 saturated carbocycles. The molecule has 0 radical (unpaired) electrons. The molecule has 3 nitrogen and oxygen atoms in total. The van der Waals surface area contributed by atoms with E-state index in [1.807, 2.05) is 24.3 Å². The molecule has 1 aliphatic heterocycles. The number of benzene rings is 1. The van der Waals surface area contributed by atoms with Crippen molar-refractivity contribution in [3.8, 4) is 0 Å². The van der Waals surface area contributed by atoms with Gasteiger partial charge in [0.25, 0.3) is 0 Å².